The van der Waals surface area contributed by atoms with Crippen molar-refractivity contribution in [1.29, 1.82) is 0 Å². The largest absolute Gasteiger partial charge is 0.378 e. The normalized spacial score (nSPS) is 12.9. The van der Waals surface area contributed by atoms with Crippen molar-refractivity contribution in [2.45, 2.75) is 19.8 Å². The number of hydrogen-bond acceptors (Lipinski definition) is 9. The molecule has 0 spiro atoms. The summed E-state index contributed by atoms with van der Waals surface area (Å²) in [5.41, 5.74) is 4.00. The molecular weight excluding hydrogens is 679 g/mol. The Labute approximate surface area is 305 Å². The van der Waals surface area contributed by atoms with Gasteiger partial charge in [-0.25, -0.2) is 19.5 Å². The van der Waals surface area contributed by atoms with E-state index >= 15 is 0 Å². The molecule has 2 aromatic heterocycles. The molecule has 14 heteroatoms. The van der Waals surface area contributed by atoms with Crippen molar-refractivity contribution < 1.29 is 23.5 Å². The molecule has 13 nitrogen and oxygen atoms in total. The first-order chi connectivity index (χ1) is 25.8. The minimum absolute atomic E-state index is 0.0477. The number of aromatic amines is 1. The zero-order valence-corrected chi connectivity index (χ0v) is 29.4. The number of piperazine rings is 1. The van der Waals surface area contributed by atoms with Crippen molar-refractivity contribution in [2.75, 3.05) is 59.0 Å². The van der Waals surface area contributed by atoms with Gasteiger partial charge in [-0.1, -0.05) is 55.5 Å². The van der Waals surface area contributed by atoms with Crippen LogP contribution in [-0.4, -0.2) is 107 Å². The lowest BCUT2D eigenvalue weighted by atomic mass is 10.0. The van der Waals surface area contributed by atoms with Gasteiger partial charge in [0.2, 0.25) is 11.7 Å². The van der Waals surface area contributed by atoms with Crippen LogP contribution in [0.1, 0.15) is 44.7 Å². The van der Waals surface area contributed by atoms with Gasteiger partial charge in [-0.05, 0) is 41.3 Å². The summed E-state index contributed by atoms with van der Waals surface area (Å²) < 4.78 is 20.4. The van der Waals surface area contributed by atoms with E-state index in [1.807, 2.05) is 24.3 Å². The number of aromatic nitrogens is 4. The third kappa shape index (κ3) is 9.33. The van der Waals surface area contributed by atoms with Crippen molar-refractivity contribution in [2.24, 2.45) is 0 Å². The Morgan fingerprint density at radius 2 is 1.58 bits per heavy atom. The number of hydrogen-bond donors (Lipinski definition) is 3. The highest BCUT2D eigenvalue weighted by Crippen LogP contribution is 2.21. The number of carbonyl (C=O) groups excluding carboxylic acids is 3. The number of halogens is 1. The summed E-state index contributed by atoms with van der Waals surface area (Å²) in [6.07, 6.45) is 4.51. The third-order valence-corrected chi connectivity index (χ3v) is 9.08. The molecule has 5 aromatic rings. The van der Waals surface area contributed by atoms with E-state index < -0.39 is 11.7 Å². The highest BCUT2D eigenvalue weighted by molar-refractivity contribution is 5.95. The molecule has 0 bridgehead atoms. The molecule has 3 aromatic carbocycles. The second-order valence-electron chi connectivity index (χ2n) is 12.6. The van der Waals surface area contributed by atoms with Crippen LogP contribution in [0.2, 0.25) is 0 Å². The summed E-state index contributed by atoms with van der Waals surface area (Å²) in [5, 5.41) is 13.7. The Morgan fingerprint density at radius 1 is 0.849 bits per heavy atom. The fraction of sp³-hybridized carbons (Fsp3) is 0.308. The Morgan fingerprint density at radius 3 is 2.36 bits per heavy atom. The molecule has 0 aliphatic carbocycles. The van der Waals surface area contributed by atoms with Crippen LogP contribution >= 0.6 is 0 Å². The van der Waals surface area contributed by atoms with E-state index in [0.29, 0.717) is 54.7 Å². The summed E-state index contributed by atoms with van der Waals surface area (Å²) in [6.45, 7) is 4.74. The van der Waals surface area contributed by atoms with Crippen molar-refractivity contribution in [3.05, 3.63) is 124 Å². The van der Waals surface area contributed by atoms with E-state index in [9.17, 15) is 23.6 Å². The molecule has 6 rings (SSSR count). The second kappa shape index (κ2) is 17.6. The summed E-state index contributed by atoms with van der Waals surface area (Å²) in [7, 11) is 0. The van der Waals surface area contributed by atoms with Gasteiger partial charge < -0.3 is 25.2 Å². The molecule has 1 saturated heterocycles. The minimum atomic E-state index is -0.626. The monoisotopic (exact) mass is 720 g/mol. The predicted octanol–water partition coefficient (Wildman–Crippen LogP) is 2.99. The number of nitrogens with zero attached hydrogens (tertiary/aromatic N) is 5. The molecule has 0 atom stereocenters. The summed E-state index contributed by atoms with van der Waals surface area (Å²) in [4.78, 5) is 62.3. The highest BCUT2D eigenvalue weighted by Gasteiger charge is 2.26. The lowest BCUT2D eigenvalue weighted by molar-refractivity contribution is -0.131. The Bertz CT molecular complexity index is 2130. The summed E-state index contributed by atoms with van der Waals surface area (Å²) in [5.74, 6) is -1.49. The molecule has 0 saturated carbocycles. The van der Waals surface area contributed by atoms with Gasteiger partial charge in [0.15, 0.2) is 0 Å². The van der Waals surface area contributed by atoms with E-state index in [4.69, 9.17) is 4.74 Å². The molecule has 0 unspecified atom stereocenters. The fourth-order valence-electron chi connectivity index (χ4n) is 6.11. The molecule has 53 heavy (non-hydrogen) atoms. The van der Waals surface area contributed by atoms with Gasteiger partial charge in [0, 0.05) is 69.0 Å². The van der Waals surface area contributed by atoms with Gasteiger partial charge in [0.05, 0.1) is 36.4 Å². The number of fused-ring (bicyclic) bond motifs is 1. The third-order valence-electron chi connectivity index (χ3n) is 9.08. The maximum absolute atomic E-state index is 14.9. The van der Waals surface area contributed by atoms with Crippen LogP contribution in [-0.2, 0) is 22.4 Å². The number of ether oxygens (including phenoxy) is 1. The van der Waals surface area contributed by atoms with Crippen LogP contribution in [0.3, 0.4) is 0 Å². The van der Waals surface area contributed by atoms with Crippen LogP contribution in [0.15, 0.2) is 83.9 Å². The number of amides is 3. The van der Waals surface area contributed by atoms with Gasteiger partial charge >= 0.3 is 0 Å². The lowest BCUT2D eigenvalue weighted by Gasteiger charge is -2.35. The van der Waals surface area contributed by atoms with E-state index in [1.165, 1.54) is 17.7 Å². The Kier molecular flexibility index (Phi) is 12.2. The fourth-order valence-corrected chi connectivity index (χ4v) is 6.11. The molecule has 1 aliphatic rings. The Balaban J connectivity index is 0.871. The second-order valence-corrected chi connectivity index (χ2v) is 12.6. The standard InChI is InChI=1S/C39H41FN8O5/c1-2-26-6-5-7-28(20-26)29-23-43-36(44-24-29)38(51)42-13-19-53-18-12-41-25-35(49)47-14-16-48(17-15-47)39(52)32-21-27(10-11-33(32)40)22-34-30-8-3-4-9-31(30)37(50)46-45-34/h3-11,20-21,23-24,41H,2,12-19,22,25H2,1H3,(H,42,51)(H,46,50). The number of rotatable bonds is 14. The number of aryl methyl sites for hydroxylation is 1. The van der Waals surface area contributed by atoms with Crippen molar-refractivity contribution in [1.82, 2.24) is 40.6 Å². The summed E-state index contributed by atoms with van der Waals surface area (Å²) in [6, 6.07) is 19.6. The molecule has 3 heterocycles. The van der Waals surface area contributed by atoms with Gasteiger partial charge in [0.1, 0.15) is 5.82 Å². The quantitative estimate of drug-likeness (QED) is 0.147. The van der Waals surface area contributed by atoms with Gasteiger partial charge in [-0.2, -0.15) is 5.10 Å². The first-order valence-corrected chi connectivity index (χ1v) is 17.6. The number of H-pyrrole nitrogens is 1. The van der Waals surface area contributed by atoms with Crippen LogP contribution < -0.4 is 16.2 Å². The van der Waals surface area contributed by atoms with Crippen molar-refractivity contribution in [3.63, 3.8) is 0 Å². The van der Waals surface area contributed by atoms with Gasteiger partial charge in [-0.3, -0.25) is 19.2 Å². The molecule has 274 valence electrons. The number of benzene rings is 3. The van der Waals surface area contributed by atoms with E-state index in [1.54, 1.807) is 40.4 Å². The smallest absolute Gasteiger partial charge is 0.289 e. The summed E-state index contributed by atoms with van der Waals surface area (Å²) >= 11 is 0. The van der Waals surface area contributed by atoms with Crippen LogP contribution in [0.5, 0.6) is 0 Å². The minimum Gasteiger partial charge on any atom is -0.378 e. The SMILES string of the molecule is CCc1cccc(-c2cnc(C(=O)NCCOCCNCC(=O)N3CCN(C(=O)c4cc(Cc5n[nH]c(=O)c6ccccc56)ccc4F)CC3)nc2)c1. The lowest BCUT2D eigenvalue weighted by Crippen LogP contribution is -2.52. The first-order valence-electron chi connectivity index (χ1n) is 17.6. The van der Waals surface area contributed by atoms with Crippen molar-refractivity contribution >= 4 is 28.5 Å². The van der Waals surface area contributed by atoms with Gasteiger partial charge in [-0.15, -0.1) is 0 Å². The van der Waals surface area contributed by atoms with E-state index in [-0.39, 0.29) is 61.5 Å². The van der Waals surface area contributed by atoms with Gasteiger partial charge in [0.25, 0.3) is 17.4 Å². The predicted molar refractivity (Wildman–Crippen MR) is 197 cm³/mol. The molecule has 3 amide bonds. The van der Waals surface area contributed by atoms with E-state index in [2.05, 4.69) is 49.9 Å². The topological polar surface area (TPSA) is 163 Å². The maximum Gasteiger partial charge on any atom is 0.289 e. The van der Waals surface area contributed by atoms with Crippen LogP contribution in [0.4, 0.5) is 4.39 Å². The molecule has 0 radical (unpaired) electrons. The first kappa shape index (κ1) is 36.9. The molecular formula is C39H41FN8O5. The zero-order chi connectivity index (χ0) is 37.2. The zero-order valence-electron chi connectivity index (χ0n) is 29.4. The molecule has 1 fully saturated rings. The maximum atomic E-state index is 14.9. The average Bonchev–Trinajstić information content (AvgIpc) is 3.20. The molecule has 1 aliphatic heterocycles. The van der Waals surface area contributed by atoms with Crippen LogP contribution in [0.25, 0.3) is 21.9 Å². The van der Waals surface area contributed by atoms with Crippen LogP contribution in [0, 0.1) is 5.82 Å². The Hall–Kier alpha value is -5.86. The van der Waals surface area contributed by atoms with E-state index in [0.717, 1.165) is 17.5 Å². The molecule has 3 N–H and O–H groups in total. The number of nitrogens with one attached hydrogen (secondary N) is 3. The number of carbonyl (C=O) groups is 3. The highest BCUT2D eigenvalue weighted by atomic mass is 19.1. The van der Waals surface area contributed by atoms with Crippen molar-refractivity contribution in [3.8, 4) is 11.1 Å². The average molecular weight is 721 g/mol.